The number of rotatable bonds is 2. The van der Waals surface area contributed by atoms with Crippen LogP contribution >= 0.6 is 11.3 Å². The predicted molar refractivity (Wildman–Crippen MR) is 79.5 cm³/mol. The van der Waals surface area contributed by atoms with Crippen molar-refractivity contribution in [3.63, 3.8) is 0 Å². The van der Waals surface area contributed by atoms with Crippen LogP contribution in [0.4, 0.5) is 0 Å². The maximum Gasteiger partial charge on any atom is 0.122 e. The number of aryl methyl sites for hydroxylation is 1. The second-order valence-corrected chi connectivity index (χ2v) is 5.80. The summed E-state index contributed by atoms with van der Waals surface area (Å²) in [6, 6.07) is 11.8. The van der Waals surface area contributed by atoms with Gasteiger partial charge in [0.1, 0.15) is 5.60 Å². The van der Waals surface area contributed by atoms with Gasteiger partial charge in [0.2, 0.25) is 0 Å². The Morgan fingerprint density at radius 3 is 2.74 bits per heavy atom. The molecule has 0 aliphatic rings. The molecule has 3 heteroatoms. The number of aromatic nitrogens is 1. The van der Waals surface area contributed by atoms with Crippen LogP contribution in [0.2, 0.25) is 0 Å². The van der Waals surface area contributed by atoms with E-state index in [2.05, 4.69) is 4.98 Å². The molecule has 1 atom stereocenters. The van der Waals surface area contributed by atoms with Crippen molar-refractivity contribution >= 4 is 22.2 Å². The zero-order valence-corrected chi connectivity index (χ0v) is 11.7. The van der Waals surface area contributed by atoms with Gasteiger partial charge >= 0.3 is 0 Å². The van der Waals surface area contributed by atoms with Crippen LogP contribution in [-0.2, 0) is 5.60 Å². The molecule has 0 aliphatic carbocycles. The fourth-order valence-corrected chi connectivity index (χ4v) is 3.52. The van der Waals surface area contributed by atoms with E-state index in [4.69, 9.17) is 0 Å². The maximum absolute atomic E-state index is 11.0. The molecule has 0 radical (unpaired) electrons. The van der Waals surface area contributed by atoms with Crippen LogP contribution in [0.3, 0.4) is 0 Å². The lowest BCUT2D eigenvalue weighted by molar-refractivity contribution is 0.107. The predicted octanol–water partition coefficient (Wildman–Crippen LogP) is 3.86. The molecule has 1 aromatic carbocycles. The third-order valence-electron chi connectivity index (χ3n) is 3.47. The molecule has 0 saturated heterocycles. The summed E-state index contributed by atoms with van der Waals surface area (Å²) in [5, 5.41) is 14.0. The van der Waals surface area contributed by atoms with Crippen LogP contribution in [0.15, 0.2) is 48.0 Å². The van der Waals surface area contributed by atoms with Gasteiger partial charge in [0.05, 0.1) is 5.52 Å². The summed E-state index contributed by atoms with van der Waals surface area (Å²) in [7, 11) is 0. The Morgan fingerprint density at radius 2 is 2.00 bits per heavy atom. The van der Waals surface area contributed by atoms with E-state index >= 15 is 0 Å². The highest BCUT2D eigenvalue weighted by Crippen LogP contribution is 2.37. The molecule has 3 aromatic rings. The molecule has 0 bridgehead atoms. The summed E-state index contributed by atoms with van der Waals surface area (Å²) < 4.78 is 0. The minimum absolute atomic E-state index is 0.906. The Morgan fingerprint density at radius 1 is 1.16 bits per heavy atom. The number of aliphatic hydroxyl groups is 1. The van der Waals surface area contributed by atoms with Gasteiger partial charge in [0, 0.05) is 16.5 Å². The topological polar surface area (TPSA) is 33.1 Å². The molecule has 1 N–H and O–H groups in total. The van der Waals surface area contributed by atoms with Crippen LogP contribution < -0.4 is 0 Å². The molecule has 0 amide bonds. The molecule has 0 saturated carbocycles. The quantitative estimate of drug-likeness (QED) is 0.766. The van der Waals surface area contributed by atoms with Gasteiger partial charge in [-0.1, -0.05) is 18.2 Å². The molecular weight excluding hydrogens is 254 g/mol. The molecule has 19 heavy (non-hydrogen) atoms. The molecule has 1 unspecified atom stereocenters. The second kappa shape index (κ2) is 4.44. The summed E-state index contributed by atoms with van der Waals surface area (Å²) in [5.41, 5.74) is 1.95. The minimum Gasteiger partial charge on any atom is -0.380 e. The first kappa shape index (κ1) is 12.3. The molecule has 2 nitrogen and oxygen atoms in total. The summed E-state index contributed by atoms with van der Waals surface area (Å²) in [5.74, 6) is 0. The van der Waals surface area contributed by atoms with Gasteiger partial charge in [-0.2, -0.15) is 0 Å². The number of thiophene rings is 1. The largest absolute Gasteiger partial charge is 0.380 e. The van der Waals surface area contributed by atoms with Crippen molar-refractivity contribution in [2.75, 3.05) is 0 Å². The normalized spacial score (nSPS) is 14.5. The smallest absolute Gasteiger partial charge is 0.122 e. The van der Waals surface area contributed by atoms with E-state index in [1.165, 1.54) is 0 Å². The summed E-state index contributed by atoms with van der Waals surface area (Å²) in [4.78, 5) is 5.34. The summed E-state index contributed by atoms with van der Waals surface area (Å²) in [6.07, 6.45) is 1.78. The lowest BCUT2D eigenvalue weighted by Gasteiger charge is -2.25. The van der Waals surface area contributed by atoms with Crippen molar-refractivity contribution in [2.45, 2.75) is 19.4 Å². The Labute approximate surface area is 116 Å². The minimum atomic E-state index is -0.985. The van der Waals surface area contributed by atoms with Gasteiger partial charge in [-0.3, -0.25) is 4.98 Å². The average Bonchev–Trinajstić information content (AvgIpc) is 2.85. The van der Waals surface area contributed by atoms with Gasteiger partial charge in [-0.25, -0.2) is 0 Å². The Hall–Kier alpha value is -1.71. The van der Waals surface area contributed by atoms with E-state index in [-0.39, 0.29) is 0 Å². The number of hydrogen-bond acceptors (Lipinski definition) is 3. The first-order valence-corrected chi connectivity index (χ1v) is 7.10. The zero-order valence-electron chi connectivity index (χ0n) is 10.9. The summed E-state index contributed by atoms with van der Waals surface area (Å²) in [6.45, 7) is 3.89. The van der Waals surface area contributed by atoms with Crippen molar-refractivity contribution in [2.24, 2.45) is 0 Å². The van der Waals surface area contributed by atoms with Crippen LogP contribution in [0.1, 0.15) is 22.9 Å². The third kappa shape index (κ3) is 1.95. The van der Waals surface area contributed by atoms with E-state index in [9.17, 15) is 5.11 Å². The van der Waals surface area contributed by atoms with Crippen LogP contribution in [0, 0.1) is 6.92 Å². The lowest BCUT2D eigenvalue weighted by atomic mass is 9.89. The molecule has 3 rings (SSSR count). The Kier molecular flexibility index (Phi) is 2.88. The fraction of sp³-hybridized carbons (Fsp3) is 0.188. The van der Waals surface area contributed by atoms with Gasteiger partial charge in [0.15, 0.2) is 0 Å². The number of nitrogens with zero attached hydrogens (tertiary/aromatic N) is 1. The summed E-state index contributed by atoms with van der Waals surface area (Å²) >= 11 is 1.59. The molecule has 2 heterocycles. The van der Waals surface area contributed by atoms with Crippen molar-refractivity contribution in [3.8, 4) is 0 Å². The lowest BCUT2D eigenvalue weighted by Crippen LogP contribution is -2.22. The van der Waals surface area contributed by atoms with Crippen molar-refractivity contribution in [1.82, 2.24) is 4.98 Å². The first-order chi connectivity index (χ1) is 9.10. The van der Waals surface area contributed by atoms with E-state index in [0.29, 0.717) is 0 Å². The average molecular weight is 269 g/mol. The molecule has 0 fully saturated rings. The molecule has 2 aromatic heterocycles. The zero-order chi connectivity index (χ0) is 13.5. The molecular formula is C16H15NOS. The molecule has 96 valence electrons. The highest BCUT2D eigenvalue weighted by molar-refractivity contribution is 7.10. The van der Waals surface area contributed by atoms with E-state index in [1.807, 2.05) is 55.6 Å². The standard InChI is InChI=1S/C16H15NOS/c1-11-8-10-19-15(11)16(2,18)13-6-3-7-14-12(13)5-4-9-17-14/h3-10,18H,1-2H3. The Bertz CT molecular complexity index is 725. The third-order valence-corrected chi connectivity index (χ3v) is 4.70. The van der Waals surface area contributed by atoms with Crippen LogP contribution in [-0.4, -0.2) is 10.1 Å². The molecule has 0 spiro atoms. The highest BCUT2D eigenvalue weighted by Gasteiger charge is 2.30. The van der Waals surface area contributed by atoms with Gasteiger partial charge in [-0.15, -0.1) is 11.3 Å². The maximum atomic E-state index is 11.0. The van der Waals surface area contributed by atoms with E-state index in [1.54, 1.807) is 17.5 Å². The number of benzene rings is 1. The Balaban J connectivity index is 2.27. The molecule has 0 aliphatic heterocycles. The van der Waals surface area contributed by atoms with Crippen LogP contribution in [0.25, 0.3) is 10.9 Å². The van der Waals surface area contributed by atoms with Crippen molar-refractivity contribution in [1.29, 1.82) is 0 Å². The first-order valence-electron chi connectivity index (χ1n) is 6.22. The highest BCUT2D eigenvalue weighted by atomic mass is 32.1. The SMILES string of the molecule is Cc1ccsc1C(C)(O)c1cccc2ncccc12. The van der Waals surface area contributed by atoms with E-state index in [0.717, 1.165) is 26.9 Å². The number of pyridine rings is 1. The van der Waals surface area contributed by atoms with Gasteiger partial charge < -0.3 is 5.11 Å². The van der Waals surface area contributed by atoms with Gasteiger partial charge in [0.25, 0.3) is 0 Å². The van der Waals surface area contributed by atoms with Gasteiger partial charge in [-0.05, 0) is 48.6 Å². The van der Waals surface area contributed by atoms with E-state index < -0.39 is 5.60 Å². The fourth-order valence-electron chi connectivity index (χ4n) is 2.52. The number of fused-ring (bicyclic) bond motifs is 1. The van der Waals surface area contributed by atoms with Crippen molar-refractivity contribution in [3.05, 3.63) is 64.0 Å². The second-order valence-electron chi connectivity index (χ2n) is 4.88. The van der Waals surface area contributed by atoms with Crippen LogP contribution in [0.5, 0.6) is 0 Å². The number of hydrogen-bond donors (Lipinski definition) is 1. The monoisotopic (exact) mass is 269 g/mol. The van der Waals surface area contributed by atoms with Crippen molar-refractivity contribution < 1.29 is 5.11 Å².